The number of nitrogens with one attached hydrogen (secondary N) is 1. The molecule has 0 heterocycles. The highest BCUT2D eigenvalue weighted by molar-refractivity contribution is 6.20. The van der Waals surface area contributed by atoms with E-state index >= 15 is 0 Å². The highest BCUT2D eigenvalue weighted by Gasteiger charge is 2.19. The molecule has 0 aromatic heterocycles. The molecule has 4 heteroatoms. The molecule has 3 nitrogen and oxygen atoms in total. The minimum Gasteiger partial charge on any atom is -0.508 e. The SMILES string of the molecule is O=C(Cc1cccc(O)c1)NCC1CCC(Cl)CC1. The van der Waals surface area contributed by atoms with Crippen LogP contribution >= 0.6 is 11.6 Å². The molecular weight excluding hydrogens is 262 g/mol. The summed E-state index contributed by atoms with van der Waals surface area (Å²) in [6.45, 7) is 0.737. The van der Waals surface area contributed by atoms with E-state index in [1.54, 1.807) is 18.2 Å². The molecule has 2 N–H and O–H groups in total. The second kappa shape index (κ2) is 6.80. The van der Waals surface area contributed by atoms with E-state index < -0.39 is 0 Å². The standard InChI is InChI=1S/C15H20ClNO2/c16-13-6-4-11(5-7-13)10-17-15(19)9-12-2-1-3-14(18)8-12/h1-3,8,11,13,18H,4-7,9-10H2,(H,17,19). The number of halogens is 1. The van der Waals surface area contributed by atoms with Gasteiger partial charge in [-0.3, -0.25) is 4.79 Å². The average Bonchev–Trinajstić information content (AvgIpc) is 2.38. The minimum atomic E-state index is 0.0126. The summed E-state index contributed by atoms with van der Waals surface area (Å²) in [5.74, 6) is 0.771. The normalized spacial score (nSPS) is 23.0. The highest BCUT2D eigenvalue weighted by atomic mass is 35.5. The van der Waals surface area contributed by atoms with E-state index in [-0.39, 0.29) is 11.7 Å². The fourth-order valence-corrected chi connectivity index (χ4v) is 2.75. The van der Waals surface area contributed by atoms with Gasteiger partial charge in [0.15, 0.2) is 0 Å². The van der Waals surface area contributed by atoms with Gasteiger partial charge in [-0.05, 0) is 49.3 Å². The summed E-state index contributed by atoms with van der Waals surface area (Å²) < 4.78 is 0. The summed E-state index contributed by atoms with van der Waals surface area (Å²) in [5.41, 5.74) is 0.835. The molecule has 0 saturated heterocycles. The number of alkyl halides is 1. The maximum Gasteiger partial charge on any atom is 0.224 e. The van der Waals surface area contributed by atoms with Crippen LogP contribution in [-0.4, -0.2) is 22.9 Å². The number of carbonyl (C=O) groups excluding carboxylic acids is 1. The van der Waals surface area contributed by atoms with Crippen LogP contribution in [0.5, 0.6) is 5.75 Å². The van der Waals surface area contributed by atoms with E-state index in [1.807, 2.05) is 6.07 Å². The number of rotatable bonds is 4. The van der Waals surface area contributed by atoms with Crippen LogP contribution in [0.4, 0.5) is 0 Å². The number of hydrogen-bond acceptors (Lipinski definition) is 2. The Kier molecular flexibility index (Phi) is 5.08. The Labute approximate surface area is 119 Å². The maximum atomic E-state index is 11.8. The van der Waals surface area contributed by atoms with Gasteiger partial charge in [0.1, 0.15) is 5.75 Å². The largest absolute Gasteiger partial charge is 0.508 e. The van der Waals surface area contributed by atoms with E-state index in [2.05, 4.69) is 5.32 Å². The predicted octanol–water partition coefficient (Wildman–Crippen LogP) is 2.85. The highest BCUT2D eigenvalue weighted by Crippen LogP contribution is 2.26. The van der Waals surface area contributed by atoms with E-state index in [0.717, 1.165) is 37.8 Å². The fourth-order valence-electron chi connectivity index (χ4n) is 2.50. The Bertz CT molecular complexity index is 428. The number of phenols is 1. The first kappa shape index (κ1) is 14.2. The van der Waals surface area contributed by atoms with E-state index in [1.165, 1.54) is 0 Å². The van der Waals surface area contributed by atoms with Crippen molar-refractivity contribution < 1.29 is 9.90 Å². The van der Waals surface area contributed by atoms with Crippen molar-refractivity contribution in [2.45, 2.75) is 37.5 Å². The molecule has 0 aliphatic heterocycles. The summed E-state index contributed by atoms with van der Waals surface area (Å²) in [5, 5.41) is 12.6. The Morgan fingerprint density at radius 1 is 1.32 bits per heavy atom. The summed E-state index contributed by atoms with van der Waals surface area (Å²) in [6.07, 6.45) is 4.61. The summed E-state index contributed by atoms with van der Waals surface area (Å²) in [4.78, 5) is 11.8. The lowest BCUT2D eigenvalue weighted by Crippen LogP contribution is -2.32. The second-order valence-corrected chi connectivity index (χ2v) is 5.89. The van der Waals surface area contributed by atoms with Gasteiger partial charge in [-0.2, -0.15) is 0 Å². The molecule has 1 fully saturated rings. The van der Waals surface area contributed by atoms with Crippen molar-refractivity contribution in [2.75, 3.05) is 6.54 Å². The third-order valence-corrected chi connectivity index (χ3v) is 4.08. The topological polar surface area (TPSA) is 49.3 Å². The Hall–Kier alpha value is -1.22. The lowest BCUT2D eigenvalue weighted by atomic mass is 9.89. The van der Waals surface area contributed by atoms with Crippen molar-refractivity contribution in [1.82, 2.24) is 5.32 Å². The molecule has 0 atom stereocenters. The van der Waals surface area contributed by atoms with Crippen molar-refractivity contribution in [1.29, 1.82) is 0 Å². The van der Waals surface area contributed by atoms with Gasteiger partial charge >= 0.3 is 0 Å². The molecule has 1 aliphatic rings. The fraction of sp³-hybridized carbons (Fsp3) is 0.533. The summed E-state index contributed by atoms with van der Waals surface area (Å²) in [7, 11) is 0. The number of benzene rings is 1. The zero-order valence-corrected chi connectivity index (χ0v) is 11.7. The van der Waals surface area contributed by atoms with Crippen LogP contribution in [-0.2, 0) is 11.2 Å². The van der Waals surface area contributed by atoms with Crippen molar-refractivity contribution in [3.8, 4) is 5.75 Å². The van der Waals surface area contributed by atoms with Crippen LogP contribution in [0.25, 0.3) is 0 Å². The Morgan fingerprint density at radius 2 is 2.05 bits per heavy atom. The first-order chi connectivity index (χ1) is 9.13. The quantitative estimate of drug-likeness (QED) is 0.834. The molecule has 104 valence electrons. The molecule has 2 rings (SSSR count). The molecular formula is C15H20ClNO2. The van der Waals surface area contributed by atoms with Gasteiger partial charge < -0.3 is 10.4 Å². The van der Waals surface area contributed by atoms with Gasteiger partial charge in [-0.25, -0.2) is 0 Å². The summed E-state index contributed by atoms with van der Waals surface area (Å²) in [6, 6.07) is 6.82. The zero-order valence-electron chi connectivity index (χ0n) is 10.9. The molecule has 0 radical (unpaired) electrons. The van der Waals surface area contributed by atoms with Gasteiger partial charge in [0.25, 0.3) is 0 Å². The number of carbonyl (C=O) groups is 1. The zero-order chi connectivity index (χ0) is 13.7. The van der Waals surface area contributed by atoms with Crippen LogP contribution in [0.3, 0.4) is 0 Å². The minimum absolute atomic E-state index is 0.0126. The monoisotopic (exact) mass is 281 g/mol. The van der Waals surface area contributed by atoms with Crippen molar-refractivity contribution in [3.05, 3.63) is 29.8 Å². The molecule has 0 unspecified atom stereocenters. The molecule has 1 saturated carbocycles. The van der Waals surface area contributed by atoms with Crippen molar-refractivity contribution in [3.63, 3.8) is 0 Å². The smallest absolute Gasteiger partial charge is 0.224 e. The van der Waals surface area contributed by atoms with Gasteiger partial charge in [-0.15, -0.1) is 11.6 Å². The van der Waals surface area contributed by atoms with Crippen LogP contribution < -0.4 is 5.32 Å². The van der Waals surface area contributed by atoms with Crippen molar-refractivity contribution in [2.24, 2.45) is 5.92 Å². The van der Waals surface area contributed by atoms with E-state index in [4.69, 9.17) is 11.6 Å². The summed E-state index contributed by atoms with van der Waals surface area (Å²) >= 11 is 6.06. The first-order valence-electron chi connectivity index (χ1n) is 6.82. The van der Waals surface area contributed by atoms with Crippen LogP contribution in [0.2, 0.25) is 0 Å². The lowest BCUT2D eigenvalue weighted by molar-refractivity contribution is -0.120. The van der Waals surface area contributed by atoms with Gasteiger partial charge in [-0.1, -0.05) is 12.1 Å². The molecule has 1 aliphatic carbocycles. The molecule has 19 heavy (non-hydrogen) atoms. The molecule has 0 bridgehead atoms. The van der Waals surface area contributed by atoms with Crippen LogP contribution in [0.1, 0.15) is 31.2 Å². The average molecular weight is 282 g/mol. The van der Waals surface area contributed by atoms with E-state index in [0.29, 0.717) is 17.7 Å². The number of phenolic OH excluding ortho intramolecular Hbond substituents is 1. The maximum absolute atomic E-state index is 11.8. The van der Waals surface area contributed by atoms with Crippen molar-refractivity contribution >= 4 is 17.5 Å². The Balaban J connectivity index is 1.73. The molecule has 1 amide bonds. The van der Waals surface area contributed by atoms with E-state index in [9.17, 15) is 9.90 Å². The number of hydrogen-bond donors (Lipinski definition) is 2. The molecule has 1 aromatic carbocycles. The van der Waals surface area contributed by atoms with Gasteiger partial charge in [0, 0.05) is 11.9 Å². The van der Waals surface area contributed by atoms with Crippen LogP contribution in [0.15, 0.2) is 24.3 Å². The van der Waals surface area contributed by atoms with Gasteiger partial charge in [0.2, 0.25) is 5.91 Å². The lowest BCUT2D eigenvalue weighted by Gasteiger charge is -2.25. The number of amides is 1. The Morgan fingerprint density at radius 3 is 2.74 bits per heavy atom. The third-order valence-electron chi connectivity index (χ3n) is 3.64. The first-order valence-corrected chi connectivity index (χ1v) is 7.26. The van der Waals surface area contributed by atoms with Gasteiger partial charge in [0.05, 0.1) is 6.42 Å². The van der Waals surface area contributed by atoms with Crippen LogP contribution in [0, 0.1) is 5.92 Å². The molecule has 1 aromatic rings. The number of aromatic hydroxyl groups is 1. The molecule has 0 spiro atoms. The second-order valence-electron chi connectivity index (χ2n) is 5.27. The predicted molar refractivity (Wildman–Crippen MR) is 76.4 cm³/mol. The third kappa shape index (κ3) is 4.75.